The van der Waals surface area contributed by atoms with Crippen LogP contribution in [0, 0.1) is 11.7 Å². The molecule has 1 aliphatic carbocycles. The average molecular weight is 279 g/mol. The second kappa shape index (κ2) is 5.92. The molecule has 0 bridgehead atoms. The highest BCUT2D eigenvalue weighted by Gasteiger charge is 2.28. The van der Waals surface area contributed by atoms with Crippen LogP contribution in [0.1, 0.15) is 25.7 Å². The van der Waals surface area contributed by atoms with Crippen LogP contribution in [-0.4, -0.2) is 11.1 Å². The number of aliphatic carboxylic acids is 1. The molecule has 0 saturated heterocycles. The number of benzene rings is 1. The molecule has 0 unspecified atom stereocenters. The minimum atomic E-state index is -1.24. The normalized spacial score (nSPS) is 16.9. The maximum atomic E-state index is 13.8. The summed E-state index contributed by atoms with van der Waals surface area (Å²) in [4.78, 5) is 11.2. The lowest BCUT2D eigenvalue weighted by molar-refractivity contribution is -0.132. The Bertz CT molecular complexity index is 539. The molecule has 0 amide bonds. The summed E-state index contributed by atoms with van der Waals surface area (Å²) in [5.74, 6) is 4.16. The van der Waals surface area contributed by atoms with Gasteiger partial charge in [0.2, 0.25) is 0 Å². The van der Waals surface area contributed by atoms with Gasteiger partial charge >= 0.3 is 5.97 Å². The Morgan fingerprint density at radius 3 is 2.45 bits per heavy atom. The Labute approximate surface area is 116 Å². The van der Waals surface area contributed by atoms with E-state index < -0.39 is 11.8 Å². The number of allylic oxidation sites excluding steroid dienone is 1. The van der Waals surface area contributed by atoms with Gasteiger partial charge in [-0.25, -0.2) is 15.0 Å². The second-order valence-corrected chi connectivity index (χ2v) is 4.91. The van der Waals surface area contributed by atoms with Gasteiger partial charge in [-0.05, 0) is 25.0 Å². The first kappa shape index (κ1) is 14.3. The van der Waals surface area contributed by atoms with E-state index in [-0.39, 0.29) is 17.3 Å². The van der Waals surface area contributed by atoms with Crippen LogP contribution in [0.25, 0.3) is 0 Å². The second-order valence-electron chi connectivity index (χ2n) is 4.91. The van der Waals surface area contributed by atoms with Crippen LogP contribution in [0.5, 0.6) is 0 Å². The SMILES string of the molecule is N/C(C(=O)O)=C(/C1CCCC1)N(N)c1ccccc1F. The van der Waals surface area contributed by atoms with Crippen molar-refractivity contribution in [2.45, 2.75) is 25.7 Å². The van der Waals surface area contributed by atoms with E-state index in [1.165, 1.54) is 12.1 Å². The zero-order valence-corrected chi connectivity index (χ0v) is 11.1. The van der Waals surface area contributed by atoms with Gasteiger partial charge in [-0.2, -0.15) is 0 Å². The van der Waals surface area contributed by atoms with Gasteiger partial charge in [0.15, 0.2) is 0 Å². The fourth-order valence-corrected chi connectivity index (χ4v) is 2.63. The van der Waals surface area contributed by atoms with Crippen molar-refractivity contribution in [1.29, 1.82) is 0 Å². The predicted molar refractivity (Wildman–Crippen MR) is 73.9 cm³/mol. The first-order chi connectivity index (χ1) is 9.52. The Morgan fingerprint density at radius 1 is 1.30 bits per heavy atom. The van der Waals surface area contributed by atoms with Gasteiger partial charge in [0.25, 0.3) is 0 Å². The first-order valence-electron chi connectivity index (χ1n) is 6.54. The number of nitrogens with zero attached hydrogens (tertiary/aromatic N) is 1. The fraction of sp³-hybridized carbons (Fsp3) is 0.357. The number of para-hydroxylation sites is 1. The standard InChI is InChI=1S/C14H18FN3O2/c15-10-7-3-4-8-11(10)18(17)13(12(16)14(19)20)9-5-1-2-6-9/h3-4,7-9H,1-2,5-6,16-17H2,(H,19,20)/b13-12-. The van der Waals surface area contributed by atoms with Gasteiger partial charge in [0.05, 0.1) is 11.4 Å². The van der Waals surface area contributed by atoms with E-state index in [0.717, 1.165) is 30.7 Å². The minimum Gasteiger partial charge on any atom is -0.477 e. The van der Waals surface area contributed by atoms with E-state index in [1.54, 1.807) is 12.1 Å². The lowest BCUT2D eigenvalue weighted by atomic mass is 10.0. The molecule has 0 aromatic heterocycles. The molecule has 2 rings (SSSR count). The Balaban J connectivity index is 2.44. The fourth-order valence-electron chi connectivity index (χ4n) is 2.63. The summed E-state index contributed by atoms with van der Waals surface area (Å²) in [6, 6.07) is 5.96. The van der Waals surface area contributed by atoms with Gasteiger partial charge in [-0.3, -0.25) is 5.01 Å². The maximum absolute atomic E-state index is 13.8. The van der Waals surface area contributed by atoms with E-state index >= 15 is 0 Å². The van der Waals surface area contributed by atoms with Gasteiger partial charge < -0.3 is 10.8 Å². The maximum Gasteiger partial charge on any atom is 0.353 e. The third kappa shape index (κ3) is 2.75. The van der Waals surface area contributed by atoms with E-state index in [1.807, 2.05) is 0 Å². The number of carboxylic acid groups (broad SMARTS) is 1. The quantitative estimate of drug-likeness (QED) is 0.445. The number of rotatable bonds is 4. The molecule has 1 aromatic rings. The third-order valence-electron chi connectivity index (χ3n) is 3.62. The van der Waals surface area contributed by atoms with Crippen LogP contribution in [0.15, 0.2) is 35.7 Å². The lowest BCUT2D eigenvalue weighted by Crippen LogP contribution is -2.37. The minimum absolute atomic E-state index is 0.0456. The summed E-state index contributed by atoms with van der Waals surface area (Å²) in [6.45, 7) is 0. The van der Waals surface area contributed by atoms with E-state index in [0.29, 0.717) is 5.70 Å². The molecule has 20 heavy (non-hydrogen) atoms. The summed E-state index contributed by atoms with van der Waals surface area (Å²) < 4.78 is 13.8. The van der Waals surface area contributed by atoms with Crippen molar-refractivity contribution in [3.63, 3.8) is 0 Å². The molecule has 5 nitrogen and oxygen atoms in total. The Morgan fingerprint density at radius 2 is 1.90 bits per heavy atom. The van der Waals surface area contributed by atoms with Crippen molar-refractivity contribution >= 4 is 11.7 Å². The molecule has 0 heterocycles. The summed E-state index contributed by atoms with van der Waals surface area (Å²) in [5.41, 5.74) is 5.76. The topological polar surface area (TPSA) is 92.6 Å². The predicted octanol–water partition coefficient (Wildman–Crippen LogP) is 1.95. The van der Waals surface area contributed by atoms with Crippen LogP contribution in [0.3, 0.4) is 0 Å². The third-order valence-corrected chi connectivity index (χ3v) is 3.62. The molecule has 1 aliphatic rings. The lowest BCUT2D eigenvalue weighted by Gasteiger charge is -2.27. The van der Waals surface area contributed by atoms with E-state index in [9.17, 15) is 9.18 Å². The molecule has 5 N–H and O–H groups in total. The smallest absolute Gasteiger partial charge is 0.353 e. The summed E-state index contributed by atoms with van der Waals surface area (Å²) in [7, 11) is 0. The number of halogens is 1. The number of anilines is 1. The molecule has 108 valence electrons. The highest BCUT2D eigenvalue weighted by molar-refractivity contribution is 5.87. The monoisotopic (exact) mass is 279 g/mol. The van der Waals surface area contributed by atoms with Crippen LogP contribution in [0.4, 0.5) is 10.1 Å². The molecular weight excluding hydrogens is 261 g/mol. The molecule has 1 saturated carbocycles. The van der Waals surface area contributed by atoms with Crippen molar-refractivity contribution in [3.8, 4) is 0 Å². The zero-order chi connectivity index (χ0) is 14.7. The van der Waals surface area contributed by atoms with E-state index in [4.69, 9.17) is 16.7 Å². The molecule has 0 radical (unpaired) electrons. The number of nitrogens with two attached hydrogens (primary N) is 2. The Hall–Kier alpha value is -2.08. The van der Waals surface area contributed by atoms with Crippen molar-refractivity contribution in [1.82, 2.24) is 0 Å². The highest BCUT2D eigenvalue weighted by Crippen LogP contribution is 2.35. The Kier molecular flexibility index (Phi) is 4.24. The summed E-state index contributed by atoms with van der Waals surface area (Å²) in [5, 5.41) is 10.2. The van der Waals surface area contributed by atoms with Gasteiger partial charge in [-0.1, -0.05) is 25.0 Å². The number of hydrazine groups is 1. The van der Waals surface area contributed by atoms with Crippen LogP contribution in [0.2, 0.25) is 0 Å². The first-order valence-corrected chi connectivity index (χ1v) is 6.54. The molecule has 1 aromatic carbocycles. The van der Waals surface area contributed by atoms with Crippen molar-refractivity contribution < 1.29 is 14.3 Å². The summed E-state index contributed by atoms with van der Waals surface area (Å²) >= 11 is 0. The summed E-state index contributed by atoms with van der Waals surface area (Å²) in [6.07, 6.45) is 3.61. The number of hydrogen-bond donors (Lipinski definition) is 3. The largest absolute Gasteiger partial charge is 0.477 e. The van der Waals surface area contributed by atoms with Crippen molar-refractivity contribution in [2.75, 3.05) is 5.01 Å². The molecular formula is C14H18FN3O2. The molecule has 0 spiro atoms. The molecule has 0 aliphatic heterocycles. The van der Waals surface area contributed by atoms with Crippen LogP contribution < -0.4 is 16.6 Å². The van der Waals surface area contributed by atoms with Crippen LogP contribution >= 0.6 is 0 Å². The van der Waals surface area contributed by atoms with Gasteiger partial charge in [0, 0.05) is 5.92 Å². The van der Waals surface area contributed by atoms with E-state index in [2.05, 4.69) is 0 Å². The molecule has 1 fully saturated rings. The van der Waals surface area contributed by atoms with Crippen molar-refractivity contribution in [3.05, 3.63) is 41.5 Å². The number of carbonyl (C=O) groups is 1. The van der Waals surface area contributed by atoms with Gasteiger partial charge in [0.1, 0.15) is 11.5 Å². The molecule has 6 heteroatoms. The zero-order valence-electron chi connectivity index (χ0n) is 11.1. The highest BCUT2D eigenvalue weighted by atomic mass is 19.1. The van der Waals surface area contributed by atoms with Gasteiger partial charge in [-0.15, -0.1) is 0 Å². The number of hydrogen-bond acceptors (Lipinski definition) is 4. The van der Waals surface area contributed by atoms with Crippen LogP contribution in [-0.2, 0) is 4.79 Å². The van der Waals surface area contributed by atoms with Crippen molar-refractivity contribution in [2.24, 2.45) is 17.5 Å². The molecule has 0 atom stereocenters. The number of carboxylic acids is 1. The average Bonchev–Trinajstić information content (AvgIpc) is 2.93.